The smallest absolute Gasteiger partial charge is 0.353 e. The van der Waals surface area contributed by atoms with Crippen LogP contribution in [-0.4, -0.2) is 14.9 Å². The molecule has 0 bridgehead atoms. The van der Waals surface area contributed by atoms with E-state index >= 15 is 0 Å². The summed E-state index contributed by atoms with van der Waals surface area (Å²) in [7, 11) is 0. The lowest BCUT2D eigenvalue weighted by atomic mass is 10.3. The van der Waals surface area contributed by atoms with Crippen molar-refractivity contribution in [2.24, 2.45) is 0 Å². The molecule has 0 saturated heterocycles. The van der Waals surface area contributed by atoms with Crippen molar-refractivity contribution in [3.8, 4) is 0 Å². The van der Waals surface area contributed by atoms with Crippen molar-refractivity contribution in [2.75, 3.05) is 11.1 Å². The van der Waals surface area contributed by atoms with E-state index in [0.29, 0.717) is 6.07 Å². The summed E-state index contributed by atoms with van der Waals surface area (Å²) in [6.07, 6.45) is 0.958. The first kappa shape index (κ1) is 13.9. The number of anilines is 3. The van der Waals surface area contributed by atoms with Crippen LogP contribution in [0.1, 0.15) is 0 Å². The lowest BCUT2D eigenvalue weighted by molar-refractivity contribution is -0.383. The van der Waals surface area contributed by atoms with Crippen LogP contribution < -0.4 is 11.1 Å². The number of hydrogen-bond donors (Lipinski definition) is 2. The summed E-state index contributed by atoms with van der Waals surface area (Å²) in [6, 6.07) is 1.42. The first-order valence-electron chi connectivity index (χ1n) is 5.06. The molecule has 7 nitrogen and oxygen atoms in total. The van der Waals surface area contributed by atoms with E-state index in [1.807, 2.05) is 0 Å². The quantitative estimate of drug-likeness (QED) is 0.666. The molecule has 0 aliphatic heterocycles. The maximum absolute atomic E-state index is 13.6. The van der Waals surface area contributed by atoms with Crippen molar-refractivity contribution < 1.29 is 13.7 Å². The van der Waals surface area contributed by atoms with Crippen molar-refractivity contribution in [1.29, 1.82) is 0 Å². The number of hydrogen-bond acceptors (Lipinski definition) is 6. The molecule has 0 aliphatic carbocycles. The van der Waals surface area contributed by atoms with Gasteiger partial charge in [0.15, 0.2) is 5.82 Å². The molecule has 0 saturated carbocycles. The molecule has 0 spiro atoms. The minimum atomic E-state index is -1.03. The van der Waals surface area contributed by atoms with Crippen LogP contribution in [0.2, 0.25) is 5.02 Å². The standard InChI is InChI=1S/C10H6ClF2N5O2/c11-5-1-4(12)2-6(13)7(5)17-10-8(18(19)20)9(14)15-3-16-10/h1-3H,(H3,14,15,16,17). The van der Waals surface area contributed by atoms with Crippen LogP contribution in [0.5, 0.6) is 0 Å². The minimum absolute atomic E-state index is 0.297. The molecule has 0 radical (unpaired) electrons. The van der Waals surface area contributed by atoms with Gasteiger partial charge < -0.3 is 11.1 Å². The molecule has 20 heavy (non-hydrogen) atoms. The van der Waals surface area contributed by atoms with E-state index in [1.54, 1.807) is 0 Å². The van der Waals surface area contributed by atoms with Gasteiger partial charge in [0.1, 0.15) is 12.1 Å². The SMILES string of the molecule is Nc1ncnc(Nc2c(F)cc(F)cc2Cl)c1[N+](=O)[O-]. The highest BCUT2D eigenvalue weighted by Gasteiger charge is 2.22. The van der Waals surface area contributed by atoms with Gasteiger partial charge in [-0.15, -0.1) is 0 Å². The first-order valence-corrected chi connectivity index (χ1v) is 5.44. The Morgan fingerprint density at radius 1 is 1.35 bits per heavy atom. The van der Waals surface area contributed by atoms with Crippen molar-refractivity contribution >= 4 is 34.6 Å². The number of nitrogen functional groups attached to an aromatic ring is 1. The van der Waals surface area contributed by atoms with E-state index in [4.69, 9.17) is 17.3 Å². The number of nitrogens with two attached hydrogens (primary N) is 1. The summed E-state index contributed by atoms with van der Waals surface area (Å²) < 4.78 is 26.5. The lowest BCUT2D eigenvalue weighted by Gasteiger charge is -2.09. The normalized spacial score (nSPS) is 10.3. The number of rotatable bonds is 3. The molecule has 2 aromatic rings. The number of halogens is 3. The second-order valence-corrected chi connectivity index (χ2v) is 3.99. The second kappa shape index (κ2) is 5.21. The minimum Gasteiger partial charge on any atom is -0.378 e. The number of benzene rings is 1. The zero-order valence-electron chi connectivity index (χ0n) is 9.60. The molecule has 0 fully saturated rings. The average Bonchev–Trinajstić information content (AvgIpc) is 2.33. The fourth-order valence-electron chi connectivity index (χ4n) is 1.44. The molecule has 3 N–H and O–H groups in total. The van der Waals surface area contributed by atoms with Crippen LogP contribution in [0.4, 0.5) is 31.8 Å². The Morgan fingerprint density at radius 3 is 2.65 bits per heavy atom. The molecular formula is C10H6ClF2N5O2. The highest BCUT2D eigenvalue weighted by molar-refractivity contribution is 6.33. The molecule has 1 aromatic heterocycles. The van der Waals surface area contributed by atoms with Crippen molar-refractivity contribution in [3.05, 3.63) is 45.2 Å². The highest BCUT2D eigenvalue weighted by atomic mass is 35.5. The molecule has 2 rings (SSSR count). The van der Waals surface area contributed by atoms with Crippen molar-refractivity contribution in [1.82, 2.24) is 9.97 Å². The predicted molar refractivity (Wildman–Crippen MR) is 67.7 cm³/mol. The van der Waals surface area contributed by atoms with Gasteiger partial charge in [0, 0.05) is 6.07 Å². The van der Waals surface area contributed by atoms with E-state index in [9.17, 15) is 18.9 Å². The van der Waals surface area contributed by atoms with Gasteiger partial charge in [-0.3, -0.25) is 10.1 Å². The fourth-order valence-corrected chi connectivity index (χ4v) is 1.69. The summed E-state index contributed by atoms with van der Waals surface area (Å²) >= 11 is 5.67. The summed E-state index contributed by atoms with van der Waals surface area (Å²) in [4.78, 5) is 17.1. The zero-order chi connectivity index (χ0) is 14.9. The van der Waals surface area contributed by atoms with Crippen molar-refractivity contribution in [3.63, 3.8) is 0 Å². The molecule has 10 heteroatoms. The van der Waals surface area contributed by atoms with Gasteiger partial charge in [-0.05, 0) is 6.07 Å². The summed E-state index contributed by atoms with van der Waals surface area (Å²) in [5, 5.41) is 12.9. The third-order valence-corrected chi connectivity index (χ3v) is 2.58. The number of nitro groups is 1. The maximum atomic E-state index is 13.6. The monoisotopic (exact) mass is 301 g/mol. The van der Waals surface area contributed by atoms with Crippen LogP contribution in [0.15, 0.2) is 18.5 Å². The first-order chi connectivity index (χ1) is 9.40. The summed E-state index contributed by atoms with van der Waals surface area (Å²) in [5.74, 6) is -2.66. The largest absolute Gasteiger partial charge is 0.378 e. The Balaban J connectivity index is 2.51. The van der Waals surface area contributed by atoms with Gasteiger partial charge >= 0.3 is 5.69 Å². The van der Waals surface area contributed by atoms with E-state index in [-0.39, 0.29) is 16.5 Å². The Hall–Kier alpha value is -2.55. The summed E-state index contributed by atoms with van der Waals surface area (Å²) in [5.41, 5.74) is 4.37. The molecule has 0 unspecified atom stereocenters. The Kier molecular flexibility index (Phi) is 3.61. The number of nitrogens with zero attached hydrogens (tertiary/aromatic N) is 3. The molecule has 0 amide bonds. The lowest BCUT2D eigenvalue weighted by Crippen LogP contribution is -2.06. The van der Waals surface area contributed by atoms with Crippen LogP contribution >= 0.6 is 11.6 Å². The summed E-state index contributed by atoms with van der Waals surface area (Å²) in [6.45, 7) is 0. The third-order valence-electron chi connectivity index (χ3n) is 2.28. The van der Waals surface area contributed by atoms with Gasteiger partial charge in [0.05, 0.1) is 15.6 Å². The zero-order valence-corrected chi connectivity index (χ0v) is 10.4. The topological polar surface area (TPSA) is 107 Å². The predicted octanol–water partition coefficient (Wildman–Crippen LogP) is 2.64. The van der Waals surface area contributed by atoms with E-state index < -0.39 is 28.1 Å². The fraction of sp³-hybridized carbons (Fsp3) is 0. The Labute approximate surface area is 115 Å². The second-order valence-electron chi connectivity index (χ2n) is 3.58. The molecule has 1 heterocycles. The Morgan fingerprint density at radius 2 is 2.05 bits per heavy atom. The van der Waals surface area contributed by atoms with E-state index in [0.717, 1.165) is 12.4 Å². The van der Waals surface area contributed by atoms with E-state index in [1.165, 1.54) is 0 Å². The molecule has 104 valence electrons. The molecule has 0 atom stereocenters. The average molecular weight is 302 g/mol. The van der Waals surface area contributed by atoms with Crippen LogP contribution in [0.3, 0.4) is 0 Å². The van der Waals surface area contributed by atoms with Crippen LogP contribution in [0, 0.1) is 21.7 Å². The van der Waals surface area contributed by atoms with Gasteiger partial charge in [-0.2, -0.15) is 0 Å². The number of aromatic nitrogens is 2. The van der Waals surface area contributed by atoms with Gasteiger partial charge in [-0.25, -0.2) is 18.7 Å². The highest BCUT2D eigenvalue weighted by Crippen LogP contribution is 2.33. The Bertz CT molecular complexity index is 674. The maximum Gasteiger partial charge on any atom is 0.353 e. The molecule has 1 aromatic carbocycles. The third kappa shape index (κ3) is 2.57. The molecular weight excluding hydrogens is 296 g/mol. The van der Waals surface area contributed by atoms with Crippen molar-refractivity contribution in [2.45, 2.75) is 0 Å². The van der Waals surface area contributed by atoms with Gasteiger partial charge in [0.2, 0.25) is 11.6 Å². The van der Waals surface area contributed by atoms with Gasteiger partial charge in [-0.1, -0.05) is 11.6 Å². The van der Waals surface area contributed by atoms with Crippen LogP contribution in [0.25, 0.3) is 0 Å². The number of nitrogens with one attached hydrogen (secondary N) is 1. The molecule has 0 aliphatic rings. The van der Waals surface area contributed by atoms with E-state index in [2.05, 4.69) is 15.3 Å². The van der Waals surface area contributed by atoms with Gasteiger partial charge in [0.25, 0.3) is 0 Å². The van der Waals surface area contributed by atoms with Crippen LogP contribution in [-0.2, 0) is 0 Å².